The van der Waals surface area contributed by atoms with Crippen molar-refractivity contribution < 1.29 is 9.53 Å². The van der Waals surface area contributed by atoms with Crippen LogP contribution in [0.3, 0.4) is 0 Å². The number of rotatable bonds is 5. The number of carbonyl (C=O) groups excluding carboxylic acids is 1. The minimum Gasteiger partial charge on any atom is -0.496 e. The molecule has 2 aromatic rings. The summed E-state index contributed by atoms with van der Waals surface area (Å²) >= 11 is 6.48. The highest BCUT2D eigenvalue weighted by Gasteiger charge is 2.46. The van der Waals surface area contributed by atoms with Crippen LogP contribution in [0, 0.1) is 13.8 Å². The third-order valence-electron chi connectivity index (χ3n) is 5.81. The summed E-state index contributed by atoms with van der Waals surface area (Å²) in [6.45, 7) is 8.52. The average molecular weight is 404 g/mol. The molecular weight excluding hydrogens is 378 g/mol. The monoisotopic (exact) mass is 403 g/mol. The molecule has 2 aromatic heterocycles. The fraction of sp³-hybridized carbons (Fsp3) is 0.500. The highest BCUT2D eigenvalue weighted by Crippen LogP contribution is 2.45. The van der Waals surface area contributed by atoms with Crippen LogP contribution in [0.2, 0.25) is 5.15 Å². The third kappa shape index (κ3) is 3.07. The van der Waals surface area contributed by atoms with Gasteiger partial charge in [0.05, 0.1) is 31.3 Å². The van der Waals surface area contributed by atoms with Gasteiger partial charge in [0.25, 0.3) is 0 Å². The van der Waals surface area contributed by atoms with Crippen molar-refractivity contribution in [1.82, 2.24) is 15.0 Å². The minimum atomic E-state index is -0.690. The second-order valence-electron chi connectivity index (χ2n) is 7.19. The second kappa shape index (κ2) is 7.54. The van der Waals surface area contributed by atoms with E-state index in [0.29, 0.717) is 30.8 Å². The zero-order chi connectivity index (χ0) is 20.6. The van der Waals surface area contributed by atoms with E-state index in [2.05, 4.69) is 15.0 Å². The number of carbonyl (C=O) groups is 1. The van der Waals surface area contributed by atoms with Crippen LogP contribution in [0.25, 0.3) is 0 Å². The Bertz CT molecular complexity index is 927. The van der Waals surface area contributed by atoms with Gasteiger partial charge in [0.1, 0.15) is 16.7 Å². The van der Waals surface area contributed by atoms with E-state index >= 15 is 0 Å². The van der Waals surface area contributed by atoms with Gasteiger partial charge in [0.15, 0.2) is 5.78 Å². The first kappa shape index (κ1) is 20.3. The molecule has 3 heterocycles. The molecule has 28 heavy (non-hydrogen) atoms. The summed E-state index contributed by atoms with van der Waals surface area (Å²) in [5.41, 5.74) is 8.58. The summed E-state index contributed by atoms with van der Waals surface area (Å²) in [6, 6.07) is 0. The molecular formula is C20H26ClN5O2. The number of nitrogens with two attached hydrogens (primary N) is 1. The molecule has 0 spiro atoms. The Hall–Kier alpha value is -2.41. The number of methoxy groups -OCH3 is 1. The Morgan fingerprint density at radius 3 is 2.57 bits per heavy atom. The van der Waals surface area contributed by atoms with Crippen molar-refractivity contribution in [3.05, 3.63) is 33.7 Å². The number of nitrogens with zero attached hydrogens (tertiary/aromatic N) is 4. The number of hydrogen-bond acceptors (Lipinski definition) is 7. The maximum Gasteiger partial charge on any atom is 0.223 e. The molecule has 0 aliphatic carbocycles. The van der Waals surface area contributed by atoms with Crippen LogP contribution < -0.4 is 15.4 Å². The summed E-state index contributed by atoms with van der Waals surface area (Å²) in [5.74, 6) is 1.61. The first-order valence-electron chi connectivity index (χ1n) is 9.39. The van der Waals surface area contributed by atoms with Gasteiger partial charge in [-0.3, -0.25) is 9.78 Å². The highest BCUT2D eigenvalue weighted by molar-refractivity contribution is 6.31. The summed E-state index contributed by atoms with van der Waals surface area (Å²) in [7, 11) is 1.64. The van der Waals surface area contributed by atoms with E-state index in [1.807, 2.05) is 32.6 Å². The van der Waals surface area contributed by atoms with Crippen LogP contribution >= 0.6 is 11.6 Å². The third-order valence-corrected chi connectivity index (χ3v) is 6.08. The summed E-state index contributed by atoms with van der Waals surface area (Å²) in [6.07, 6.45) is 3.04. The molecule has 0 unspecified atom stereocenters. The summed E-state index contributed by atoms with van der Waals surface area (Å²) < 4.78 is 5.51. The maximum absolute atomic E-state index is 13.2. The van der Waals surface area contributed by atoms with Crippen molar-refractivity contribution in [2.24, 2.45) is 0 Å². The molecule has 0 aromatic carbocycles. The van der Waals surface area contributed by atoms with Gasteiger partial charge in [-0.05, 0) is 26.7 Å². The predicted molar refractivity (Wildman–Crippen MR) is 110 cm³/mol. The Morgan fingerprint density at radius 2 is 1.96 bits per heavy atom. The SMILES string of the molecule is CCC1(CC)C(=O)CN(Cc2ncc(C)c(OC)c2C)c2nc(N)nc(Cl)c21. The van der Waals surface area contributed by atoms with Crippen molar-refractivity contribution in [3.63, 3.8) is 0 Å². The number of ketones is 1. The van der Waals surface area contributed by atoms with E-state index in [4.69, 9.17) is 22.1 Å². The smallest absolute Gasteiger partial charge is 0.223 e. The number of fused-ring (bicyclic) bond motifs is 1. The van der Waals surface area contributed by atoms with E-state index < -0.39 is 5.41 Å². The molecule has 150 valence electrons. The number of nitrogen functional groups attached to an aromatic ring is 1. The Balaban J connectivity index is 2.14. The molecule has 0 saturated carbocycles. The lowest BCUT2D eigenvalue weighted by Crippen LogP contribution is -2.49. The van der Waals surface area contributed by atoms with E-state index in [1.54, 1.807) is 13.3 Å². The summed E-state index contributed by atoms with van der Waals surface area (Å²) in [5, 5.41) is 0.246. The molecule has 0 saturated heterocycles. The van der Waals surface area contributed by atoms with E-state index in [1.165, 1.54) is 0 Å². The molecule has 0 radical (unpaired) electrons. The van der Waals surface area contributed by atoms with E-state index in [9.17, 15) is 4.79 Å². The van der Waals surface area contributed by atoms with Gasteiger partial charge in [-0.25, -0.2) is 4.98 Å². The zero-order valence-corrected chi connectivity index (χ0v) is 17.7. The Kier molecular flexibility index (Phi) is 5.48. The lowest BCUT2D eigenvalue weighted by Gasteiger charge is -2.41. The number of hydrogen-bond donors (Lipinski definition) is 1. The molecule has 3 rings (SSSR count). The largest absolute Gasteiger partial charge is 0.496 e. The Morgan fingerprint density at radius 1 is 1.29 bits per heavy atom. The lowest BCUT2D eigenvalue weighted by molar-refractivity contribution is -0.124. The van der Waals surface area contributed by atoms with Crippen molar-refractivity contribution in [2.45, 2.75) is 52.5 Å². The fourth-order valence-corrected chi connectivity index (χ4v) is 4.51. The van der Waals surface area contributed by atoms with Gasteiger partial charge < -0.3 is 15.4 Å². The molecule has 8 heteroatoms. The topological polar surface area (TPSA) is 94.2 Å². The van der Waals surface area contributed by atoms with Gasteiger partial charge in [0.2, 0.25) is 5.95 Å². The van der Waals surface area contributed by atoms with Gasteiger partial charge in [-0.15, -0.1) is 0 Å². The molecule has 2 N–H and O–H groups in total. The van der Waals surface area contributed by atoms with E-state index in [0.717, 1.165) is 22.6 Å². The second-order valence-corrected chi connectivity index (χ2v) is 7.54. The standard InChI is InChI=1S/C20H26ClN5O2/c1-6-20(7-2)14(27)10-26(18-15(20)17(21)24-19(22)25-18)9-13-12(4)16(28-5)11(3)8-23-13/h8H,6-7,9-10H2,1-5H3,(H2,22,24,25). The van der Waals surface area contributed by atoms with Crippen molar-refractivity contribution in [2.75, 3.05) is 24.3 Å². The quantitative estimate of drug-likeness (QED) is 0.764. The number of ether oxygens (including phenoxy) is 1. The van der Waals surface area contributed by atoms with Gasteiger partial charge >= 0.3 is 0 Å². The first-order chi connectivity index (χ1) is 13.3. The van der Waals surface area contributed by atoms with Crippen molar-refractivity contribution in [3.8, 4) is 5.75 Å². The number of pyridine rings is 1. The van der Waals surface area contributed by atoms with Crippen LogP contribution in [0.4, 0.5) is 11.8 Å². The first-order valence-corrected chi connectivity index (χ1v) is 9.77. The molecule has 7 nitrogen and oxygen atoms in total. The predicted octanol–water partition coefficient (Wildman–Crippen LogP) is 3.38. The highest BCUT2D eigenvalue weighted by atomic mass is 35.5. The van der Waals surface area contributed by atoms with Crippen LogP contribution in [0.15, 0.2) is 6.20 Å². The molecule has 0 fully saturated rings. The van der Waals surface area contributed by atoms with Gasteiger partial charge in [-0.1, -0.05) is 25.4 Å². The molecule has 0 bridgehead atoms. The van der Waals surface area contributed by atoms with Crippen molar-refractivity contribution in [1.29, 1.82) is 0 Å². The van der Waals surface area contributed by atoms with Crippen LogP contribution in [0.1, 0.15) is 49.1 Å². The fourth-order valence-electron chi connectivity index (χ4n) is 4.16. The maximum atomic E-state index is 13.2. The van der Waals surface area contributed by atoms with Gasteiger partial charge in [-0.2, -0.15) is 4.98 Å². The van der Waals surface area contributed by atoms with Gasteiger partial charge in [0, 0.05) is 22.9 Å². The number of aryl methyl sites for hydroxylation is 1. The zero-order valence-electron chi connectivity index (χ0n) is 17.0. The van der Waals surface area contributed by atoms with Crippen LogP contribution in [0.5, 0.6) is 5.75 Å². The average Bonchev–Trinajstić information content (AvgIpc) is 2.65. The van der Waals surface area contributed by atoms with E-state index in [-0.39, 0.29) is 23.4 Å². The molecule has 0 atom stereocenters. The normalized spacial score (nSPS) is 15.5. The molecule has 0 amide bonds. The van der Waals surface area contributed by atoms with Crippen LogP contribution in [-0.4, -0.2) is 34.4 Å². The molecule has 1 aliphatic heterocycles. The number of Topliss-reactive ketones (excluding diaryl/α,β-unsaturated/α-hetero) is 1. The Labute approximate surface area is 170 Å². The van der Waals surface area contributed by atoms with Crippen molar-refractivity contribution >= 4 is 29.2 Å². The number of halogens is 1. The summed E-state index contributed by atoms with van der Waals surface area (Å²) in [4.78, 5) is 28.2. The molecule has 1 aliphatic rings. The number of aromatic nitrogens is 3. The lowest BCUT2D eigenvalue weighted by atomic mass is 9.71. The number of anilines is 2. The minimum absolute atomic E-state index is 0.0929. The van der Waals surface area contributed by atoms with Crippen LogP contribution in [-0.2, 0) is 16.8 Å².